The first-order valence-corrected chi connectivity index (χ1v) is 10.4. The molecular formula is C19H19Br2N3O4S. The maximum Gasteiger partial charge on any atom is 0.276 e. The molecule has 0 aliphatic carbocycles. The fourth-order valence-corrected chi connectivity index (χ4v) is 3.47. The van der Waals surface area contributed by atoms with Crippen molar-refractivity contribution in [3.8, 4) is 11.5 Å². The van der Waals surface area contributed by atoms with Crippen LogP contribution in [0.15, 0.2) is 45.3 Å². The summed E-state index contributed by atoms with van der Waals surface area (Å²) in [5, 5.41) is 2.34. The number of ether oxygens (including phenoxy) is 2. The number of thiocarbonyl (C=S) groups is 1. The highest BCUT2D eigenvalue weighted by Crippen LogP contribution is 2.26. The number of hydrogen-bond acceptors (Lipinski definition) is 5. The summed E-state index contributed by atoms with van der Waals surface area (Å²) < 4.78 is 12.3. The van der Waals surface area contributed by atoms with Crippen LogP contribution in [0.5, 0.6) is 11.5 Å². The second-order valence-electron chi connectivity index (χ2n) is 6.00. The van der Waals surface area contributed by atoms with E-state index in [1.54, 1.807) is 12.1 Å². The summed E-state index contributed by atoms with van der Waals surface area (Å²) in [4.78, 5) is 23.7. The fraction of sp³-hybridized carbons (Fsp3) is 0.211. The normalized spacial score (nSPS) is 10.1. The highest BCUT2D eigenvalue weighted by atomic mass is 79.9. The Kier molecular flexibility index (Phi) is 8.87. The maximum atomic E-state index is 11.9. The highest BCUT2D eigenvalue weighted by Gasteiger charge is 2.10. The Labute approximate surface area is 190 Å². The quantitative estimate of drug-likeness (QED) is 0.382. The first-order chi connectivity index (χ1) is 13.7. The Balaban J connectivity index is 1.68. The predicted octanol–water partition coefficient (Wildman–Crippen LogP) is 3.31. The van der Waals surface area contributed by atoms with E-state index in [-0.39, 0.29) is 18.3 Å². The molecule has 0 spiro atoms. The van der Waals surface area contributed by atoms with Crippen molar-refractivity contribution in [1.29, 1.82) is 0 Å². The molecule has 2 aromatic carbocycles. The number of carbonyl (C=O) groups is 2. The molecule has 0 aromatic heterocycles. The van der Waals surface area contributed by atoms with Gasteiger partial charge in [0.15, 0.2) is 18.3 Å². The van der Waals surface area contributed by atoms with Crippen molar-refractivity contribution in [1.82, 2.24) is 16.2 Å². The summed E-state index contributed by atoms with van der Waals surface area (Å²) in [6, 6.07) is 11.0. The van der Waals surface area contributed by atoms with E-state index < -0.39 is 11.8 Å². The van der Waals surface area contributed by atoms with Crippen LogP contribution in [-0.4, -0.2) is 30.1 Å². The molecule has 0 saturated heterocycles. The molecule has 2 rings (SSSR count). The first-order valence-electron chi connectivity index (χ1n) is 8.41. The van der Waals surface area contributed by atoms with Crippen LogP contribution in [0.1, 0.15) is 11.1 Å². The number of carbonyl (C=O) groups excluding carboxylic acids is 2. The average molecular weight is 545 g/mol. The van der Waals surface area contributed by atoms with Crippen molar-refractivity contribution in [2.45, 2.75) is 13.8 Å². The summed E-state index contributed by atoms with van der Waals surface area (Å²) in [6.45, 7) is 3.44. The van der Waals surface area contributed by atoms with E-state index in [1.165, 1.54) is 0 Å². The second kappa shape index (κ2) is 11.1. The van der Waals surface area contributed by atoms with E-state index in [9.17, 15) is 9.59 Å². The van der Waals surface area contributed by atoms with E-state index in [1.807, 2.05) is 38.1 Å². The summed E-state index contributed by atoms with van der Waals surface area (Å²) >= 11 is 11.7. The Bertz CT molecular complexity index is 924. The minimum Gasteiger partial charge on any atom is -0.483 e. The number of aryl methyl sites for hydroxylation is 2. The molecule has 2 amide bonds. The van der Waals surface area contributed by atoms with Gasteiger partial charge in [0, 0.05) is 0 Å². The van der Waals surface area contributed by atoms with Gasteiger partial charge in [0.25, 0.3) is 11.8 Å². The van der Waals surface area contributed by atoms with Crippen LogP contribution in [0.4, 0.5) is 0 Å². The molecule has 0 fully saturated rings. The van der Waals surface area contributed by atoms with Gasteiger partial charge in [-0.05, 0) is 93.3 Å². The molecule has 0 radical (unpaired) electrons. The highest BCUT2D eigenvalue weighted by molar-refractivity contribution is 9.10. The minimum absolute atomic E-state index is 0.0635. The lowest BCUT2D eigenvalue weighted by atomic mass is 10.2. The van der Waals surface area contributed by atoms with E-state index in [0.717, 1.165) is 20.1 Å². The lowest BCUT2D eigenvalue weighted by molar-refractivity contribution is -0.124. The molecule has 0 heterocycles. The van der Waals surface area contributed by atoms with Gasteiger partial charge in [-0.3, -0.25) is 25.8 Å². The first kappa shape index (κ1) is 23.1. The Morgan fingerprint density at radius 3 is 1.83 bits per heavy atom. The molecule has 3 N–H and O–H groups in total. The summed E-state index contributed by atoms with van der Waals surface area (Å²) in [5.74, 6) is 0.149. The van der Waals surface area contributed by atoms with Crippen molar-refractivity contribution in [2.24, 2.45) is 0 Å². The lowest BCUT2D eigenvalue weighted by Gasteiger charge is -2.13. The largest absolute Gasteiger partial charge is 0.483 e. The average Bonchev–Trinajstić information content (AvgIpc) is 2.65. The molecule has 2 aromatic rings. The predicted molar refractivity (Wildman–Crippen MR) is 121 cm³/mol. The van der Waals surface area contributed by atoms with Crippen LogP contribution in [0, 0.1) is 13.8 Å². The van der Waals surface area contributed by atoms with Gasteiger partial charge in [0.05, 0.1) is 8.95 Å². The standard InChI is InChI=1S/C19H19Br2N3O4S/c1-11-3-5-15(13(20)7-11)27-9-17(25)22-19(29)24-23-18(26)10-28-16-6-4-12(2)8-14(16)21/h3-8H,9-10H2,1-2H3,(H,23,26)(H2,22,24,25,29). The fourth-order valence-electron chi connectivity index (χ4n) is 2.09. The summed E-state index contributed by atoms with van der Waals surface area (Å²) in [7, 11) is 0. The third kappa shape index (κ3) is 8.00. The second-order valence-corrected chi connectivity index (χ2v) is 8.11. The Hall–Kier alpha value is -2.17. The lowest BCUT2D eigenvalue weighted by Crippen LogP contribution is -2.50. The number of hydrazine groups is 1. The zero-order chi connectivity index (χ0) is 21.4. The van der Waals surface area contributed by atoms with Gasteiger partial charge in [-0.1, -0.05) is 12.1 Å². The molecule has 0 bridgehead atoms. The van der Waals surface area contributed by atoms with Crippen LogP contribution >= 0.6 is 44.1 Å². The smallest absolute Gasteiger partial charge is 0.276 e. The van der Waals surface area contributed by atoms with E-state index in [0.29, 0.717) is 11.5 Å². The number of nitrogens with one attached hydrogen (secondary N) is 3. The number of rotatable bonds is 6. The Morgan fingerprint density at radius 2 is 1.34 bits per heavy atom. The molecular weight excluding hydrogens is 526 g/mol. The third-order valence-electron chi connectivity index (χ3n) is 3.46. The van der Waals surface area contributed by atoms with Gasteiger partial charge in [-0.2, -0.15) is 0 Å². The van der Waals surface area contributed by atoms with Crippen molar-refractivity contribution >= 4 is 61.0 Å². The maximum absolute atomic E-state index is 11.9. The van der Waals surface area contributed by atoms with Gasteiger partial charge in [-0.15, -0.1) is 0 Å². The zero-order valence-corrected chi connectivity index (χ0v) is 19.7. The van der Waals surface area contributed by atoms with Crippen LogP contribution in [-0.2, 0) is 9.59 Å². The Morgan fingerprint density at radius 1 is 0.862 bits per heavy atom. The molecule has 29 heavy (non-hydrogen) atoms. The summed E-state index contributed by atoms with van der Waals surface area (Å²) in [6.07, 6.45) is 0. The third-order valence-corrected chi connectivity index (χ3v) is 4.90. The number of halogens is 2. The summed E-state index contributed by atoms with van der Waals surface area (Å²) in [5.41, 5.74) is 6.91. The van der Waals surface area contributed by atoms with Crippen LogP contribution < -0.4 is 25.6 Å². The number of amides is 2. The van der Waals surface area contributed by atoms with E-state index in [4.69, 9.17) is 21.7 Å². The molecule has 0 unspecified atom stereocenters. The molecule has 154 valence electrons. The monoisotopic (exact) mass is 543 g/mol. The van der Waals surface area contributed by atoms with Crippen molar-refractivity contribution < 1.29 is 19.1 Å². The van der Waals surface area contributed by atoms with Crippen LogP contribution in [0.3, 0.4) is 0 Å². The van der Waals surface area contributed by atoms with Gasteiger partial charge in [0.1, 0.15) is 11.5 Å². The van der Waals surface area contributed by atoms with Crippen molar-refractivity contribution in [3.05, 3.63) is 56.5 Å². The van der Waals surface area contributed by atoms with Crippen LogP contribution in [0.2, 0.25) is 0 Å². The van der Waals surface area contributed by atoms with Crippen molar-refractivity contribution in [2.75, 3.05) is 13.2 Å². The van der Waals surface area contributed by atoms with E-state index >= 15 is 0 Å². The SMILES string of the molecule is Cc1ccc(OCC(=O)NNC(=S)NC(=O)COc2ccc(C)cc2Br)c(Br)c1. The van der Waals surface area contributed by atoms with Crippen LogP contribution in [0.25, 0.3) is 0 Å². The molecule has 10 heteroatoms. The van der Waals surface area contributed by atoms with Gasteiger partial charge in [-0.25, -0.2) is 0 Å². The van der Waals surface area contributed by atoms with E-state index in [2.05, 4.69) is 48.0 Å². The van der Waals surface area contributed by atoms with Crippen molar-refractivity contribution in [3.63, 3.8) is 0 Å². The molecule has 0 atom stereocenters. The number of benzene rings is 2. The van der Waals surface area contributed by atoms with Gasteiger partial charge < -0.3 is 9.47 Å². The minimum atomic E-state index is -0.468. The molecule has 0 aliphatic rings. The molecule has 0 saturated carbocycles. The number of hydrogen-bond donors (Lipinski definition) is 3. The van der Waals surface area contributed by atoms with Gasteiger partial charge >= 0.3 is 0 Å². The molecule has 0 aliphatic heterocycles. The zero-order valence-electron chi connectivity index (χ0n) is 15.7. The molecule has 7 nitrogen and oxygen atoms in total. The topological polar surface area (TPSA) is 88.7 Å². The van der Waals surface area contributed by atoms with Gasteiger partial charge in [0.2, 0.25) is 0 Å².